The summed E-state index contributed by atoms with van der Waals surface area (Å²) in [6, 6.07) is 0. The van der Waals surface area contributed by atoms with Gasteiger partial charge in [0.15, 0.2) is 6.29 Å². The van der Waals surface area contributed by atoms with Crippen LogP contribution in [0.5, 0.6) is 0 Å². The average Bonchev–Trinajstić information content (AvgIpc) is 2.16. The lowest BCUT2D eigenvalue weighted by Gasteiger charge is -2.09. The number of aldehydes is 1. The van der Waals surface area contributed by atoms with Crippen LogP contribution in [0, 0.1) is 3.57 Å². The first-order chi connectivity index (χ1) is 6.61. The number of pyridine rings is 1. The van der Waals surface area contributed by atoms with E-state index in [4.69, 9.17) is 11.6 Å². The van der Waals surface area contributed by atoms with E-state index < -0.39 is 6.43 Å². The van der Waals surface area contributed by atoms with Gasteiger partial charge in [-0.2, -0.15) is 0 Å². The first-order valence-electron chi connectivity index (χ1n) is 3.58. The van der Waals surface area contributed by atoms with Crippen molar-refractivity contribution in [1.82, 2.24) is 4.98 Å². The highest BCUT2D eigenvalue weighted by molar-refractivity contribution is 14.1. The largest absolute Gasteiger partial charge is 0.296 e. The van der Waals surface area contributed by atoms with Gasteiger partial charge < -0.3 is 0 Å². The molecule has 0 aromatic carbocycles. The molecule has 0 spiro atoms. The number of alkyl halides is 3. The third-order valence-corrected chi connectivity index (χ3v) is 2.80. The zero-order chi connectivity index (χ0) is 10.7. The summed E-state index contributed by atoms with van der Waals surface area (Å²) in [4.78, 5) is 14.2. The van der Waals surface area contributed by atoms with E-state index in [1.165, 1.54) is 6.20 Å². The molecule has 0 amide bonds. The van der Waals surface area contributed by atoms with Crippen molar-refractivity contribution in [3.05, 3.63) is 26.6 Å². The van der Waals surface area contributed by atoms with Crippen LogP contribution in [0.3, 0.4) is 0 Å². The van der Waals surface area contributed by atoms with Gasteiger partial charge in [-0.15, -0.1) is 11.6 Å². The smallest absolute Gasteiger partial charge is 0.265 e. The number of carbonyl (C=O) groups excluding carboxylic acids is 1. The van der Waals surface area contributed by atoms with Crippen LogP contribution in [0.1, 0.15) is 28.0 Å². The van der Waals surface area contributed by atoms with Gasteiger partial charge in [-0.1, -0.05) is 0 Å². The number of carbonyl (C=O) groups is 1. The topological polar surface area (TPSA) is 30.0 Å². The first-order valence-corrected chi connectivity index (χ1v) is 5.19. The molecule has 0 radical (unpaired) electrons. The predicted molar refractivity (Wildman–Crippen MR) is 56.9 cm³/mol. The van der Waals surface area contributed by atoms with Crippen molar-refractivity contribution in [2.75, 3.05) is 0 Å². The fourth-order valence-electron chi connectivity index (χ4n) is 1.03. The number of nitrogens with zero attached hydrogens (tertiary/aromatic N) is 1. The van der Waals surface area contributed by atoms with Crippen LogP contribution in [0.2, 0.25) is 0 Å². The van der Waals surface area contributed by atoms with Crippen molar-refractivity contribution in [1.29, 1.82) is 0 Å². The van der Waals surface area contributed by atoms with Crippen molar-refractivity contribution in [3.63, 3.8) is 0 Å². The van der Waals surface area contributed by atoms with Gasteiger partial charge in [0.1, 0.15) is 5.69 Å². The molecular formula is C8H5ClF2INO. The summed E-state index contributed by atoms with van der Waals surface area (Å²) in [5.74, 6) is -0.141. The molecule has 14 heavy (non-hydrogen) atoms. The molecule has 0 saturated heterocycles. The molecule has 0 fully saturated rings. The van der Waals surface area contributed by atoms with Crippen molar-refractivity contribution in [2.45, 2.75) is 12.3 Å². The molecule has 6 heteroatoms. The molecule has 0 bridgehead atoms. The van der Waals surface area contributed by atoms with E-state index in [2.05, 4.69) is 4.98 Å². The summed E-state index contributed by atoms with van der Waals surface area (Å²) in [6.45, 7) is 0. The van der Waals surface area contributed by atoms with Crippen LogP contribution < -0.4 is 0 Å². The summed E-state index contributed by atoms with van der Waals surface area (Å²) < 4.78 is 25.5. The SMILES string of the molecule is O=Cc1ncc(I)c(C(F)F)c1CCl. The maximum atomic E-state index is 12.6. The Balaban J connectivity index is 3.42. The average molecular weight is 331 g/mol. The van der Waals surface area contributed by atoms with Gasteiger partial charge >= 0.3 is 0 Å². The lowest BCUT2D eigenvalue weighted by molar-refractivity contribution is 0.111. The number of halogens is 4. The van der Waals surface area contributed by atoms with Gasteiger partial charge in [0.2, 0.25) is 0 Å². The molecule has 0 saturated carbocycles. The normalized spacial score (nSPS) is 10.6. The molecule has 1 aromatic rings. The third kappa shape index (κ3) is 2.20. The highest BCUT2D eigenvalue weighted by atomic mass is 127. The van der Waals surface area contributed by atoms with Gasteiger partial charge in [-0.25, -0.2) is 8.78 Å². The van der Waals surface area contributed by atoms with Crippen LogP contribution in [0.4, 0.5) is 8.78 Å². The molecule has 0 unspecified atom stereocenters. The molecule has 1 heterocycles. The molecule has 0 N–H and O–H groups in total. The van der Waals surface area contributed by atoms with E-state index >= 15 is 0 Å². The summed E-state index contributed by atoms with van der Waals surface area (Å²) in [5, 5.41) is 0. The molecular weight excluding hydrogens is 326 g/mol. The summed E-state index contributed by atoms with van der Waals surface area (Å²) in [7, 11) is 0. The Morgan fingerprint density at radius 3 is 2.71 bits per heavy atom. The van der Waals surface area contributed by atoms with Crippen molar-refractivity contribution < 1.29 is 13.6 Å². The van der Waals surface area contributed by atoms with Gasteiger partial charge in [0.25, 0.3) is 6.43 Å². The fourth-order valence-corrected chi connectivity index (χ4v) is 2.01. The number of hydrogen-bond donors (Lipinski definition) is 0. The quantitative estimate of drug-likeness (QED) is 0.484. The third-order valence-electron chi connectivity index (χ3n) is 1.67. The Labute approximate surface area is 97.8 Å². The molecule has 2 nitrogen and oxygen atoms in total. The van der Waals surface area contributed by atoms with Gasteiger partial charge in [-0.05, 0) is 22.6 Å². The molecule has 76 valence electrons. The highest BCUT2D eigenvalue weighted by Crippen LogP contribution is 2.29. The summed E-state index contributed by atoms with van der Waals surface area (Å²) in [5.41, 5.74) is -0.100. The van der Waals surface area contributed by atoms with Gasteiger partial charge in [0, 0.05) is 20.9 Å². The number of aromatic nitrogens is 1. The lowest BCUT2D eigenvalue weighted by atomic mass is 10.1. The first kappa shape index (κ1) is 11.8. The second-order valence-corrected chi connectivity index (χ2v) is 3.87. The van der Waals surface area contributed by atoms with E-state index in [0.29, 0.717) is 9.86 Å². The minimum atomic E-state index is -2.64. The molecule has 0 atom stereocenters. The lowest BCUT2D eigenvalue weighted by Crippen LogP contribution is -2.03. The minimum absolute atomic E-state index is 0.0179. The van der Waals surface area contributed by atoms with E-state index in [1.807, 2.05) is 0 Å². The van der Waals surface area contributed by atoms with E-state index in [-0.39, 0.29) is 22.7 Å². The Hall–Kier alpha value is -0.300. The Bertz CT molecular complexity index is 359. The van der Waals surface area contributed by atoms with Gasteiger partial charge in [0.05, 0.1) is 5.88 Å². The maximum Gasteiger partial charge on any atom is 0.265 e. The fraction of sp³-hybridized carbons (Fsp3) is 0.250. The molecule has 0 aliphatic heterocycles. The zero-order valence-corrected chi connectivity index (χ0v) is 9.72. The van der Waals surface area contributed by atoms with Crippen molar-refractivity contribution >= 4 is 40.5 Å². The second-order valence-electron chi connectivity index (χ2n) is 2.44. The van der Waals surface area contributed by atoms with Crippen LogP contribution >= 0.6 is 34.2 Å². The Morgan fingerprint density at radius 1 is 1.64 bits per heavy atom. The zero-order valence-electron chi connectivity index (χ0n) is 6.81. The molecule has 1 rings (SSSR count). The predicted octanol–water partition coefficient (Wildman–Crippen LogP) is 3.18. The van der Waals surface area contributed by atoms with Crippen molar-refractivity contribution in [3.8, 4) is 0 Å². The van der Waals surface area contributed by atoms with Crippen LogP contribution in [0.15, 0.2) is 6.20 Å². The number of hydrogen-bond acceptors (Lipinski definition) is 2. The number of rotatable bonds is 3. The van der Waals surface area contributed by atoms with E-state index in [0.717, 1.165) is 0 Å². The van der Waals surface area contributed by atoms with E-state index in [9.17, 15) is 13.6 Å². The standard InChI is InChI=1S/C8H5ClF2INO/c9-1-4-6(3-14)13-2-5(12)7(4)8(10)11/h2-3,8H,1H2. The van der Waals surface area contributed by atoms with Crippen molar-refractivity contribution in [2.24, 2.45) is 0 Å². The van der Waals surface area contributed by atoms with E-state index in [1.54, 1.807) is 22.6 Å². The highest BCUT2D eigenvalue weighted by Gasteiger charge is 2.19. The monoisotopic (exact) mass is 331 g/mol. The summed E-state index contributed by atoms with van der Waals surface area (Å²) in [6.07, 6.45) is -0.973. The Morgan fingerprint density at radius 2 is 2.29 bits per heavy atom. The molecule has 0 aliphatic rings. The summed E-state index contributed by atoms with van der Waals surface area (Å²) >= 11 is 7.24. The molecule has 0 aliphatic carbocycles. The van der Waals surface area contributed by atoms with Gasteiger partial charge in [-0.3, -0.25) is 9.78 Å². The minimum Gasteiger partial charge on any atom is -0.296 e. The van der Waals surface area contributed by atoms with Crippen LogP contribution in [-0.2, 0) is 5.88 Å². The second kappa shape index (κ2) is 4.97. The van der Waals surface area contributed by atoms with Crippen LogP contribution in [-0.4, -0.2) is 11.3 Å². The Kier molecular flexibility index (Phi) is 4.18. The maximum absolute atomic E-state index is 12.6. The molecule has 1 aromatic heterocycles. The van der Waals surface area contributed by atoms with Crippen LogP contribution in [0.25, 0.3) is 0 Å².